The Labute approximate surface area is 154 Å². The van der Waals surface area contributed by atoms with Crippen LogP contribution in [-0.4, -0.2) is 50.7 Å². The zero-order valence-corrected chi connectivity index (χ0v) is 15.6. The third-order valence-corrected chi connectivity index (χ3v) is 5.73. The average Bonchev–Trinajstić information content (AvgIpc) is 3.26. The molecule has 26 heavy (non-hydrogen) atoms. The molecule has 0 amide bonds. The van der Waals surface area contributed by atoms with Crippen LogP contribution in [0.25, 0.3) is 0 Å². The van der Waals surface area contributed by atoms with Crippen LogP contribution >= 0.6 is 0 Å². The summed E-state index contributed by atoms with van der Waals surface area (Å²) in [4.78, 5) is 4.88. The van der Waals surface area contributed by atoms with E-state index in [0.717, 1.165) is 56.2 Å². The highest BCUT2D eigenvalue weighted by atomic mass is 19.1. The van der Waals surface area contributed by atoms with Crippen LogP contribution in [0.4, 0.5) is 4.39 Å². The van der Waals surface area contributed by atoms with Crippen LogP contribution in [0.3, 0.4) is 0 Å². The average molecular weight is 357 g/mol. The van der Waals surface area contributed by atoms with Crippen molar-refractivity contribution in [1.82, 2.24) is 24.6 Å². The molecule has 2 aromatic rings. The standard InChI is InChI=1S/C20H28FN5/c1-24-19(15-25-9-2-3-10-25)22-23-20(24)17-7-5-11-26(14-17)13-16-6-4-8-18(21)12-16/h4,6,8,12,17H,2-3,5,7,9-11,13-15H2,1H3. The summed E-state index contributed by atoms with van der Waals surface area (Å²) >= 11 is 0. The van der Waals surface area contributed by atoms with E-state index < -0.39 is 0 Å². The van der Waals surface area contributed by atoms with E-state index in [1.54, 1.807) is 12.1 Å². The van der Waals surface area contributed by atoms with Gasteiger partial charge in [0.1, 0.15) is 17.5 Å². The number of halogens is 1. The molecule has 0 bridgehead atoms. The van der Waals surface area contributed by atoms with E-state index in [2.05, 4.69) is 31.6 Å². The van der Waals surface area contributed by atoms with Gasteiger partial charge in [-0.1, -0.05) is 12.1 Å². The Morgan fingerprint density at radius 1 is 1.04 bits per heavy atom. The lowest BCUT2D eigenvalue weighted by molar-refractivity contribution is 0.194. The predicted octanol–water partition coefficient (Wildman–Crippen LogP) is 2.93. The SMILES string of the molecule is Cn1c(CN2CCCC2)nnc1C1CCCN(Cc2cccc(F)c2)C1. The second kappa shape index (κ2) is 7.84. The molecule has 2 aliphatic rings. The molecule has 2 aliphatic heterocycles. The minimum Gasteiger partial charge on any atom is -0.317 e. The van der Waals surface area contributed by atoms with Gasteiger partial charge in [0.2, 0.25) is 0 Å². The predicted molar refractivity (Wildman–Crippen MR) is 99.2 cm³/mol. The Morgan fingerprint density at radius 3 is 2.65 bits per heavy atom. The molecule has 5 nitrogen and oxygen atoms in total. The molecule has 0 N–H and O–H groups in total. The molecule has 2 saturated heterocycles. The van der Waals surface area contributed by atoms with Gasteiger partial charge in [-0.15, -0.1) is 10.2 Å². The molecular weight excluding hydrogens is 329 g/mol. The number of piperidine rings is 1. The number of benzene rings is 1. The molecule has 4 rings (SSSR count). The Morgan fingerprint density at radius 2 is 1.85 bits per heavy atom. The molecule has 0 saturated carbocycles. The second-order valence-electron chi connectivity index (χ2n) is 7.72. The minimum absolute atomic E-state index is 0.157. The molecule has 0 radical (unpaired) electrons. The van der Waals surface area contributed by atoms with Crippen LogP contribution in [-0.2, 0) is 20.1 Å². The van der Waals surface area contributed by atoms with Gasteiger partial charge in [-0.2, -0.15) is 0 Å². The Balaban J connectivity index is 1.41. The van der Waals surface area contributed by atoms with E-state index >= 15 is 0 Å². The maximum Gasteiger partial charge on any atom is 0.146 e. The summed E-state index contributed by atoms with van der Waals surface area (Å²) in [5.41, 5.74) is 1.04. The normalized spacial score (nSPS) is 22.2. The molecular formula is C20H28FN5. The van der Waals surface area contributed by atoms with E-state index in [0.29, 0.717) is 5.92 Å². The minimum atomic E-state index is -0.157. The van der Waals surface area contributed by atoms with Crippen LogP contribution in [0, 0.1) is 5.82 Å². The van der Waals surface area contributed by atoms with Crippen LogP contribution < -0.4 is 0 Å². The van der Waals surface area contributed by atoms with E-state index in [-0.39, 0.29) is 5.82 Å². The van der Waals surface area contributed by atoms with Gasteiger partial charge < -0.3 is 4.57 Å². The van der Waals surface area contributed by atoms with Crippen molar-refractivity contribution in [3.05, 3.63) is 47.3 Å². The topological polar surface area (TPSA) is 37.2 Å². The third-order valence-electron chi connectivity index (χ3n) is 5.73. The summed E-state index contributed by atoms with van der Waals surface area (Å²) in [6.07, 6.45) is 4.88. The lowest BCUT2D eigenvalue weighted by Gasteiger charge is -2.32. The molecule has 0 aliphatic carbocycles. The molecule has 1 aromatic carbocycles. The molecule has 140 valence electrons. The van der Waals surface area contributed by atoms with E-state index in [1.807, 2.05) is 6.07 Å². The summed E-state index contributed by atoms with van der Waals surface area (Å²) in [5.74, 6) is 2.42. The molecule has 2 fully saturated rings. The summed E-state index contributed by atoms with van der Waals surface area (Å²) < 4.78 is 15.6. The second-order valence-corrected chi connectivity index (χ2v) is 7.72. The number of rotatable bonds is 5. The fourth-order valence-corrected chi connectivity index (χ4v) is 4.31. The molecule has 6 heteroatoms. The largest absolute Gasteiger partial charge is 0.317 e. The van der Waals surface area contributed by atoms with Gasteiger partial charge in [-0.3, -0.25) is 9.80 Å². The number of hydrogen-bond donors (Lipinski definition) is 0. The zero-order chi connectivity index (χ0) is 17.9. The van der Waals surface area contributed by atoms with E-state index in [4.69, 9.17) is 0 Å². The maximum absolute atomic E-state index is 13.4. The molecule has 1 atom stereocenters. The van der Waals surface area contributed by atoms with Gasteiger partial charge in [0.25, 0.3) is 0 Å². The monoisotopic (exact) mass is 357 g/mol. The lowest BCUT2D eigenvalue weighted by Crippen LogP contribution is -2.35. The summed E-state index contributed by atoms with van der Waals surface area (Å²) in [7, 11) is 2.10. The van der Waals surface area contributed by atoms with Gasteiger partial charge in [-0.25, -0.2) is 4.39 Å². The first-order chi connectivity index (χ1) is 12.7. The van der Waals surface area contributed by atoms with Crippen molar-refractivity contribution >= 4 is 0 Å². The smallest absolute Gasteiger partial charge is 0.146 e. The first-order valence-corrected chi connectivity index (χ1v) is 9.76. The number of likely N-dealkylation sites (tertiary alicyclic amines) is 2. The number of hydrogen-bond acceptors (Lipinski definition) is 4. The van der Waals surface area contributed by atoms with Crippen molar-refractivity contribution in [3.63, 3.8) is 0 Å². The highest BCUT2D eigenvalue weighted by Gasteiger charge is 2.26. The number of aromatic nitrogens is 3. The van der Waals surface area contributed by atoms with Crippen molar-refractivity contribution in [2.75, 3.05) is 26.2 Å². The Bertz CT molecular complexity index is 738. The lowest BCUT2D eigenvalue weighted by atomic mass is 9.96. The first kappa shape index (κ1) is 17.6. The van der Waals surface area contributed by atoms with Gasteiger partial charge in [0.05, 0.1) is 6.54 Å². The van der Waals surface area contributed by atoms with Gasteiger partial charge >= 0.3 is 0 Å². The van der Waals surface area contributed by atoms with E-state index in [9.17, 15) is 4.39 Å². The van der Waals surface area contributed by atoms with Gasteiger partial charge in [0, 0.05) is 26.1 Å². The Hall–Kier alpha value is -1.79. The Kier molecular flexibility index (Phi) is 5.31. The van der Waals surface area contributed by atoms with E-state index in [1.165, 1.54) is 32.0 Å². The van der Waals surface area contributed by atoms with Crippen LogP contribution in [0.5, 0.6) is 0 Å². The highest BCUT2D eigenvalue weighted by Crippen LogP contribution is 2.27. The zero-order valence-electron chi connectivity index (χ0n) is 15.6. The van der Waals surface area contributed by atoms with Crippen LogP contribution in [0.15, 0.2) is 24.3 Å². The van der Waals surface area contributed by atoms with Crippen molar-refractivity contribution in [2.45, 2.75) is 44.7 Å². The summed E-state index contributed by atoms with van der Waals surface area (Å²) in [6, 6.07) is 6.94. The first-order valence-electron chi connectivity index (χ1n) is 9.76. The third kappa shape index (κ3) is 3.96. The van der Waals surface area contributed by atoms with Crippen LogP contribution in [0.1, 0.15) is 48.8 Å². The number of nitrogens with zero attached hydrogens (tertiary/aromatic N) is 5. The summed E-state index contributed by atoms with van der Waals surface area (Å²) in [5, 5.41) is 9.01. The fraction of sp³-hybridized carbons (Fsp3) is 0.600. The van der Waals surface area contributed by atoms with Crippen LogP contribution in [0.2, 0.25) is 0 Å². The summed E-state index contributed by atoms with van der Waals surface area (Å²) in [6.45, 7) is 6.08. The molecule has 0 spiro atoms. The highest BCUT2D eigenvalue weighted by molar-refractivity contribution is 5.16. The van der Waals surface area contributed by atoms with Gasteiger partial charge in [0.15, 0.2) is 0 Å². The van der Waals surface area contributed by atoms with Crippen molar-refractivity contribution in [2.24, 2.45) is 7.05 Å². The quantitative estimate of drug-likeness (QED) is 0.825. The molecule has 1 aromatic heterocycles. The van der Waals surface area contributed by atoms with Crippen molar-refractivity contribution < 1.29 is 4.39 Å². The van der Waals surface area contributed by atoms with Crippen molar-refractivity contribution in [3.8, 4) is 0 Å². The molecule has 3 heterocycles. The maximum atomic E-state index is 13.4. The van der Waals surface area contributed by atoms with Crippen molar-refractivity contribution in [1.29, 1.82) is 0 Å². The van der Waals surface area contributed by atoms with Gasteiger partial charge in [-0.05, 0) is 63.0 Å². The molecule has 1 unspecified atom stereocenters. The fourth-order valence-electron chi connectivity index (χ4n) is 4.31.